The number of esters is 1. The highest BCUT2D eigenvalue weighted by atomic mass is 28.4. The lowest BCUT2D eigenvalue weighted by atomic mass is 10.2. The number of carbonyl (C=O) groups excluding carboxylic acids is 1. The third-order valence-corrected chi connectivity index (χ3v) is 10.4. The van der Waals surface area contributed by atoms with Crippen molar-refractivity contribution in [1.82, 2.24) is 5.32 Å². The Morgan fingerprint density at radius 3 is 1.96 bits per heavy atom. The fourth-order valence-corrected chi connectivity index (χ4v) is 8.75. The summed E-state index contributed by atoms with van der Waals surface area (Å²) in [7, 11) is -1.15. The van der Waals surface area contributed by atoms with Crippen molar-refractivity contribution in [3.8, 4) is 0 Å². The van der Waals surface area contributed by atoms with E-state index in [2.05, 4.69) is 74.6 Å². The molecule has 27 heavy (non-hydrogen) atoms. The Morgan fingerprint density at radius 1 is 1.00 bits per heavy atom. The first-order valence-corrected chi connectivity index (χ1v) is 11.4. The lowest BCUT2D eigenvalue weighted by Crippen LogP contribution is -2.67. The van der Waals surface area contributed by atoms with Crippen LogP contribution in [0.5, 0.6) is 0 Å². The molecule has 4 nitrogen and oxygen atoms in total. The summed E-state index contributed by atoms with van der Waals surface area (Å²) in [5.74, 6) is -0.219. The fraction of sp³-hybridized carbons (Fsp3) is 0.409. The molecule has 0 unspecified atom stereocenters. The van der Waals surface area contributed by atoms with Crippen molar-refractivity contribution in [2.24, 2.45) is 0 Å². The normalized spacial score (nSPS) is 20.4. The zero-order chi connectivity index (χ0) is 19.5. The molecule has 0 radical (unpaired) electrons. The van der Waals surface area contributed by atoms with Gasteiger partial charge in [-0.3, -0.25) is 4.79 Å². The summed E-state index contributed by atoms with van der Waals surface area (Å²) >= 11 is 0. The van der Waals surface area contributed by atoms with Crippen LogP contribution in [-0.2, 0) is 14.0 Å². The Bertz CT molecular complexity index is 719. The van der Waals surface area contributed by atoms with E-state index in [1.807, 2.05) is 12.1 Å². The molecule has 0 saturated carbocycles. The van der Waals surface area contributed by atoms with E-state index in [-0.39, 0.29) is 23.2 Å². The standard InChI is InChI=1S/C22H29NO3Si/c1-22(2,3)27(18-11-7-5-8-12-18,19-13-9-6-10-14-19)26-17-15-20(23-16-17)21(24)25-4/h5-14,17,20,23H,15-16H2,1-4H3/t17-,20-/m0/s1. The Kier molecular flexibility index (Phi) is 5.84. The number of methoxy groups -OCH3 is 1. The first kappa shape index (κ1) is 19.8. The largest absolute Gasteiger partial charge is 0.468 e. The van der Waals surface area contributed by atoms with Crippen LogP contribution in [0.25, 0.3) is 0 Å². The lowest BCUT2D eigenvalue weighted by molar-refractivity contribution is -0.142. The molecule has 144 valence electrons. The monoisotopic (exact) mass is 383 g/mol. The Balaban J connectivity index is 2.04. The van der Waals surface area contributed by atoms with Crippen molar-refractivity contribution in [2.45, 2.75) is 44.4 Å². The summed E-state index contributed by atoms with van der Waals surface area (Å²) in [5.41, 5.74) is 0. The molecule has 0 aliphatic carbocycles. The quantitative estimate of drug-likeness (QED) is 0.636. The second-order valence-corrected chi connectivity index (χ2v) is 12.4. The number of rotatable bonds is 5. The van der Waals surface area contributed by atoms with Crippen LogP contribution < -0.4 is 15.7 Å². The first-order valence-electron chi connectivity index (χ1n) is 9.48. The molecule has 0 aromatic heterocycles. The molecule has 0 bridgehead atoms. The van der Waals surface area contributed by atoms with Crippen molar-refractivity contribution >= 4 is 24.7 Å². The molecule has 2 aromatic carbocycles. The van der Waals surface area contributed by atoms with Crippen LogP contribution in [0.3, 0.4) is 0 Å². The van der Waals surface area contributed by atoms with Gasteiger partial charge in [0.05, 0.1) is 13.2 Å². The highest BCUT2D eigenvalue weighted by molar-refractivity contribution is 6.99. The summed E-state index contributed by atoms with van der Waals surface area (Å²) in [6.45, 7) is 7.45. The highest BCUT2D eigenvalue weighted by Gasteiger charge is 2.52. The van der Waals surface area contributed by atoms with Crippen LogP contribution in [0.1, 0.15) is 27.2 Å². The molecule has 1 aliphatic rings. The van der Waals surface area contributed by atoms with Gasteiger partial charge in [-0.15, -0.1) is 0 Å². The van der Waals surface area contributed by atoms with E-state index < -0.39 is 8.32 Å². The average molecular weight is 384 g/mol. The predicted molar refractivity (Wildman–Crippen MR) is 111 cm³/mol. The van der Waals surface area contributed by atoms with E-state index in [4.69, 9.17) is 9.16 Å². The molecule has 0 amide bonds. The van der Waals surface area contributed by atoms with E-state index in [9.17, 15) is 4.79 Å². The third kappa shape index (κ3) is 3.86. The van der Waals surface area contributed by atoms with Gasteiger partial charge in [-0.05, 0) is 21.8 Å². The van der Waals surface area contributed by atoms with Crippen molar-refractivity contribution in [3.63, 3.8) is 0 Å². The van der Waals surface area contributed by atoms with Gasteiger partial charge in [-0.25, -0.2) is 0 Å². The van der Waals surface area contributed by atoms with Crippen molar-refractivity contribution in [2.75, 3.05) is 13.7 Å². The number of hydrogen-bond donors (Lipinski definition) is 1. The molecule has 5 heteroatoms. The van der Waals surface area contributed by atoms with Gasteiger partial charge in [0.15, 0.2) is 0 Å². The van der Waals surface area contributed by atoms with E-state index in [1.165, 1.54) is 17.5 Å². The van der Waals surface area contributed by atoms with Gasteiger partial charge in [0.1, 0.15) is 6.04 Å². The van der Waals surface area contributed by atoms with Crippen LogP contribution in [-0.4, -0.2) is 40.1 Å². The van der Waals surface area contributed by atoms with Gasteiger partial charge < -0.3 is 14.5 Å². The van der Waals surface area contributed by atoms with E-state index >= 15 is 0 Å². The zero-order valence-electron chi connectivity index (χ0n) is 16.6. The maximum atomic E-state index is 11.9. The van der Waals surface area contributed by atoms with Gasteiger partial charge in [-0.1, -0.05) is 81.4 Å². The SMILES string of the molecule is COC(=O)[C@@H]1C[C@H](O[Si](c2ccccc2)(c2ccccc2)C(C)(C)C)CN1. The minimum absolute atomic E-state index is 0.0274. The van der Waals surface area contributed by atoms with Gasteiger partial charge in [0.25, 0.3) is 8.32 Å². The van der Waals surface area contributed by atoms with Crippen molar-refractivity contribution in [3.05, 3.63) is 60.7 Å². The summed E-state index contributed by atoms with van der Waals surface area (Å²) < 4.78 is 11.9. The third-order valence-electron chi connectivity index (χ3n) is 5.34. The van der Waals surface area contributed by atoms with E-state index in [0.717, 1.165) is 0 Å². The van der Waals surface area contributed by atoms with Gasteiger partial charge in [0, 0.05) is 6.54 Å². The summed E-state index contributed by atoms with van der Waals surface area (Å²) in [6.07, 6.45) is 0.609. The Labute approximate surface area is 163 Å². The highest BCUT2D eigenvalue weighted by Crippen LogP contribution is 2.38. The molecule has 1 N–H and O–H groups in total. The number of ether oxygens (including phenoxy) is 1. The minimum atomic E-state index is -2.58. The summed E-state index contributed by atoms with van der Waals surface area (Å²) in [6, 6.07) is 20.9. The van der Waals surface area contributed by atoms with Crippen LogP contribution in [0.2, 0.25) is 5.04 Å². The molecule has 1 heterocycles. The molecule has 3 rings (SSSR count). The molecule has 0 spiro atoms. The van der Waals surface area contributed by atoms with Crippen LogP contribution in [0.15, 0.2) is 60.7 Å². The van der Waals surface area contributed by atoms with Gasteiger partial charge >= 0.3 is 5.97 Å². The summed E-state index contributed by atoms with van der Waals surface area (Å²) in [4.78, 5) is 11.9. The first-order chi connectivity index (χ1) is 12.9. The number of hydrogen-bond acceptors (Lipinski definition) is 4. The molecule has 2 atom stereocenters. The topological polar surface area (TPSA) is 47.6 Å². The molecular formula is C22H29NO3Si. The van der Waals surface area contributed by atoms with Gasteiger partial charge in [0.2, 0.25) is 0 Å². The average Bonchev–Trinajstić information content (AvgIpc) is 3.14. The zero-order valence-corrected chi connectivity index (χ0v) is 17.6. The number of nitrogens with one attached hydrogen (secondary N) is 1. The van der Waals surface area contributed by atoms with E-state index in [0.29, 0.717) is 13.0 Å². The predicted octanol–water partition coefficient (Wildman–Crippen LogP) is 2.47. The van der Waals surface area contributed by atoms with Gasteiger partial charge in [-0.2, -0.15) is 0 Å². The maximum Gasteiger partial charge on any atom is 0.322 e. The van der Waals surface area contributed by atoms with Crippen LogP contribution >= 0.6 is 0 Å². The molecule has 1 fully saturated rings. The number of carbonyl (C=O) groups is 1. The Hall–Kier alpha value is -1.95. The van der Waals surface area contributed by atoms with E-state index in [1.54, 1.807) is 0 Å². The van der Waals surface area contributed by atoms with Crippen molar-refractivity contribution < 1.29 is 14.0 Å². The second-order valence-electron chi connectivity index (χ2n) is 8.12. The molecule has 2 aromatic rings. The summed E-state index contributed by atoms with van der Waals surface area (Å²) in [5, 5.41) is 5.70. The minimum Gasteiger partial charge on any atom is -0.468 e. The maximum absolute atomic E-state index is 11.9. The molecule has 1 saturated heterocycles. The van der Waals surface area contributed by atoms with Crippen LogP contribution in [0, 0.1) is 0 Å². The molecular weight excluding hydrogens is 354 g/mol. The fourth-order valence-electron chi connectivity index (χ4n) is 4.06. The smallest absolute Gasteiger partial charge is 0.322 e. The Morgan fingerprint density at radius 2 is 1.52 bits per heavy atom. The lowest BCUT2D eigenvalue weighted by Gasteiger charge is -2.44. The second kappa shape index (κ2) is 7.96. The number of benzene rings is 2. The van der Waals surface area contributed by atoms with Crippen molar-refractivity contribution in [1.29, 1.82) is 0 Å². The molecule has 1 aliphatic heterocycles. The van der Waals surface area contributed by atoms with Crippen LogP contribution in [0.4, 0.5) is 0 Å².